The summed E-state index contributed by atoms with van der Waals surface area (Å²) in [5.74, 6) is -4.41. The number of hydrogen-bond acceptors (Lipinski definition) is 7. The normalized spacial score (nSPS) is 10.7. The number of carboxylic acid groups (broad SMARTS) is 1. The molecule has 0 bridgehead atoms. The molecule has 0 saturated carbocycles. The van der Waals surface area contributed by atoms with Crippen LogP contribution in [-0.4, -0.2) is 48.7 Å². The third-order valence-corrected chi connectivity index (χ3v) is 3.73. The molecule has 118 valence electrons. The van der Waals surface area contributed by atoms with Gasteiger partial charge in [-0.15, -0.1) is 0 Å². The second-order valence-electron chi connectivity index (χ2n) is 4.49. The van der Waals surface area contributed by atoms with Crippen molar-refractivity contribution in [3.05, 3.63) is 0 Å². The summed E-state index contributed by atoms with van der Waals surface area (Å²) in [7, 11) is 0. The van der Waals surface area contributed by atoms with Crippen LogP contribution >= 0.6 is 25.6 Å². The third-order valence-electron chi connectivity index (χ3n) is 2.50. The highest BCUT2D eigenvalue weighted by molar-refractivity contribution is 7.79. The molecular formula is C11H16N2O6S2. The van der Waals surface area contributed by atoms with E-state index >= 15 is 0 Å². The van der Waals surface area contributed by atoms with E-state index in [0.29, 0.717) is 8.61 Å². The van der Waals surface area contributed by atoms with Crippen LogP contribution in [0.2, 0.25) is 0 Å². The molecule has 0 aliphatic rings. The van der Waals surface area contributed by atoms with Crippen LogP contribution in [0.5, 0.6) is 0 Å². The van der Waals surface area contributed by atoms with Gasteiger partial charge < -0.3 is 5.11 Å². The molecule has 0 spiro atoms. The zero-order valence-electron chi connectivity index (χ0n) is 11.7. The molecule has 0 rings (SSSR count). The Labute approximate surface area is 132 Å². The van der Waals surface area contributed by atoms with E-state index in [-0.39, 0.29) is 0 Å². The second-order valence-corrected chi connectivity index (χ2v) is 5.29. The molecule has 0 aliphatic carbocycles. The van der Waals surface area contributed by atoms with Crippen LogP contribution in [0.15, 0.2) is 0 Å². The number of ketones is 2. The second kappa shape index (κ2) is 7.46. The first kappa shape index (κ1) is 19.4. The standard InChI is InChI=1S/C11H16N2O6S2/c1-6(14)4-8(16)12(20)11(3,10(18)19)13(21)9(17)5-7(2)15/h20-21H,4-5H2,1-3H3,(H,18,19). The van der Waals surface area contributed by atoms with E-state index < -0.39 is 47.9 Å². The number of amides is 2. The molecule has 0 unspecified atom stereocenters. The number of Topliss-reactive ketones (excluding diaryl/α,β-unsaturated/α-hetero) is 2. The van der Waals surface area contributed by atoms with Gasteiger partial charge in [-0.05, 0) is 20.8 Å². The van der Waals surface area contributed by atoms with Gasteiger partial charge in [0.1, 0.15) is 11.6 Å². The molecule has 10 heteroatoms. The summed E-state index contributed by atoms with van der Waals surface area (Å²) < 4.78 is 0.865. The van der Waals surface area contributed by atoms with E-state index in [2.05, 4.69) is 25.6 Å². The minimum absolute atomic E-state index is 0.432. The summed E-state index contributed by atoms with van der Waals surface area (Å²) in [5, 5.41) is 9.28. The van der Waals surface area contributed by atoms with E-state index in [9.17, 15) is 29.1 Å². The molecule has 0 aliphatic heterocycles. The maximum absolute atomic E-state index is 11.8. The van der Waals surface area contributed by atoms with E-state index in [4.69, 9.17) is 0 Å². The van der Waals surface area contributed by atoms with Gasteiger partial charge in [0.25, 0.3) is 0 Å². The summed E-state index contributed by atoms with van der Waals surface area (Å²) in [5.41, 5.74) is -2.26. The summed E-state index contributed by atoms with van der Waals surface area (Å²) in [6, 6.07) is 0. The van der Waals surface area contributed by atoms with Crippen molar-refractivity contribution in [1.29, 1.82) is 0 Å². The molecule has 0 fully saturated rings. The highest BCUT2D eigenvalue weighted by Gasteiger charge is 2.48. The number of hydrogen-bond donors (Lipinski definition) is 3. The van der Waals surface area contributed by atoms with Crippen molar-refractivity contribution >= 4 is 55.0 Å². The number of thiol groups is 2. The maximum atomic E-state index is 11.8. The molecule has 0 heterocycles. The van der Waals surface area contributed by atoms with Crippen LogP contribution in [0, 0.1) is 0 Å². The molecule has 0 aromatic rings. The van der Waals surface area contributed by atoms with Crippen molar-refractivity contribution in [2.75, 3.05) is 0 Å². The maximum Gasteiger partial charge on any atom is 0.352 e. The van der Waals surface area contributed by atoms with Crippen molar-refractivity contribution < 1.29 is 29.1 Å². The number of rotatable bonds is 7. The summed E-state index contributed by atoms with van der Waals surface area (Å²) in [6.07, 6.45) is -1.15. The predicted octanol–water partition coefficient (Wildman–Crippen LogP) is 0.0922. The van der Waals surface area contributed by atoms with Gasteiger partial charge in [-0.3, -0.25) is 27.8 Å². The number of carboxylic acids is 1. The lowest BCUT2D eigenvalue weighted by Gasteiger charge is -2.39. The average molecular weight is 336 g/mol. The van der Waals surface area contributed by atoms with Crippen molar-refractivity contribution in [1.82, 2.24) is 8.61 Å². The Morgan fingerprint density at radius 2 is 1.19 bits per heavy atom. The quantitative estimate of drug-likeness (QED) is 0.345. The first-order chi connectivity index (χ1) is 9.44. The molecule has 0 aromatic carbocycles. The first-order valence-corrected chi connectivity index (χ1v) is 6.50. The van der Waals surface area contributed by atoms with E-state index in [1.54, 1.807) is 0 Å². The number of carbonyl (C=O) groups is 5. The fourth-order valence-electron chi connectivity index (χ4n) is 1.33. The molecule has 1 N–H and O–H groups in total. The van der Waals surface area contributed by atoms with E-state index in [1.807, 2.05) is 0 Å². The molecule has 21 heavy (non-hydrogen) atoms. The highest BCUT2D eigenvalue weighted by Crippen LogP contribution is 2.27. The van der Waals surface area contributed by atoms with Gasteiger partial charge in [-0.25, -0.2) is 4.79 Å². The Kier molecular flexibility index (Phi) is 6.91. The van der Waals surface area contributed by atoms with Crippen LogP contribution < -0.4 is 0 Å². The van der Waals surface area contributed by atoms with Gasteiger partial charge in [0.05, 0.1) is 12.8 Å². The van der Waals surface area contributed by atoms with Gasteiger partial charge >= 0.3 is 5.97 Å². The fourth-order valence-corrected chi connectivity index (χ4v) is 1.89. The minimum Gasteiger partial charge on any atom is -0.478 e. The van der Waals surface area contributed by atoms with Crippen LogP contribution in [0.1, 0.15) is 33.6 Å². The number of aliphatic carboxylic acids is 1. The minimum atomic E-state index is -2.26. The van der Waals surface area contributed by atoms with Gasteiger partial charge in [0, 0.05) is 0 Å². The highest BCUT2D eigenvalue weighted by atomic mass is 32.1. The molecular weight excluding hydrogens is 320 g/mol. The SMILES string of the molecule is CC(=O)CC(=O)N(S)C(C)(C(=O)O)N(S)C(=O)CC(C)=O. The number of nitrogens with zero attached hydrogens (tertiary/aromatic N) is 2. The zero-order valence-corrected chi connectivity index (χ0v) is 13.5. The van der Waals surface area contributed by atoms with Crippen molar-refractivity contribution in [3.63, 3.8) is 0 Å². The Hall–Kier alpha value is -1.55. The molecule has 0 radical (unpaired) electrons. The summed E-state index contributed by atoms with van der Waals surface area (Å²) in [6.45, 7) is 3.30. The Morgan fingerprint density at radius 1 is 0.905 bits per heavy atom. The van der Waals surface area contributed by atoms with Crippen LogP contribution in [0.25, 0.3) is 0 Å². The lowest BCUT2D eigenvalue weighted by molar-refractivity contribution is -0.163. The van der Waals surface area contributed by atoms with Crippen LogP contribution in [0.4, 0.5) is 0 Å². The molecule has 2 amide bonds. The molecule has 0 atom stereocenters. The van der Waals surface area contributed by atoms with Gasteiger partial charge in [0.15, 0.2) is 0 Å². The Bertz CT molecular complexity index is 459. The smallest absolute Gasteiger partial charge is 0.352 e. The van der Waals surface area contributed by atoms with Crippen molar-refractivity contribution in [2.45, 2.75) is 39.3 Å². The van der Waals surface area contributed by atoms with Gasteiger partial charge in [-0.2, -0.15) is 0 Å². The molecule has 0 aromatic heterocycles. The molecule has 0 saturated heterocycles. The third kappa shape index (κ3) is 4.74. The van der Waals surface area contributed by atoms with Gasteiger partial charge in [-0.1, -0.05) is 25.6 Å². The summed E-state index contributed by atoms with van der Waals surface area (Å²) in [4.78, 5) is 56.9. The largest absolute Gasteiger partial charge is 0.478 e. The predicted molar refractivity (Wildman–Crippen MR) is 78.3 cm³/mol. The monoisotopic (exact) mass is 336 g/mol. The first-order valence-electron chi connectivity index (χ1n) is 5.70. The molecule has 8 nitrogen and oxygen atoms in total. The zero-order chi connectivity index (χ0) is 17.0. The fraction of sp³-hybridized carbons (Fsp3) is 0.545. The van der Waals surface area contributed by atoms with E-state index in [1.165, 1.54) is 0 Å². The average Bonchev–Trinajstić information content (AvgIpc) is 2.33. The van der Waals surface area contributed by atoms with Crippen LogP contribution in [0.3, 0.4) is 0 Å². The topological polar surface area (TPSA) is 112 Å². The van der Waals surface area contributed by atoms with Crippen LogP contribution in [-0.2, 0) is 24.0 Å². The van der Waals surface area contributed by atoms with Crippen molar-refractivity contribution in [3.8, 4) is 0 Å². The lowest BCUT2D eigenvalue weighted by Crippen LogP contribution is -2.61. The van der Waals surface area contributed by atoms with Crippen molar-refractivity contribution in [2.24, 2.45) is 0 Å². The Morgan fingerprint density at radius 3 is 1.38 bits per heavy atom. The van der Waals surface area contributed by atoms with Gasteiger partial charge in [0.2, 0.25) is 17.5 Å². The summed E-state index contributed by atoms with van der Waals surface area (Å²) >= 11 is 7.53. The number of carbonyl (C=O) groups excluding carboxylic acids is 4. The Balaban J connectivity index is 5.46. The van der Waals surface area contributed by atoms with E-state index in [0.717, 1.165) is 20.8 Å². The lowest BCUT2D eigenvalue weighted by atomic mass is 10.1.